The van der Waals surface area contributed by atoms with Crippen molar-refractivity contribution in [2.24, 2.45) is 0 Å². The van der Waals surface area contributed by atoms with E-state index in [1.807, 2.05) is 0 Å². The molecule has 1 aliphatic carbocycles. The van der Waals surface area contributed by atoms with Crippen LogP contribution in [0.5, 0.6) is 0 Å². The van der Waals surface area contributed by atoms with Crippen molar-refractivity contribution < 1.29 is 13.0 Å². The summed E-state index contributed by atoms with van der Waals surface area (Å²) in [6.45, 7) is 0. The molecule has 0 aromatic heterocycles. The molecule has 7 heteroatoms. The number of rotatable bonds is 1. The Morgan fingerprint density at radius 1 is 1.08 bits per heavy atom. The molecule has 3 nitrogen and oxygen atoms in total. The van der Waals surface area contributed by atoms with Gasteiger partial charge in [0.1, 0.15) is 5.25 Å². The van der Waals surface area contributed by atoms with Gasteiger partial charge in [-0.05, 0) is 12.8 Å². The van der Waals surface area contributed by atoms with Crippen LogP contribution in [0.2, 0.25) is 0 Å². The van der Waals surface area contributed by atoms with E-state index in [0.29, 0.717) is 3.92 Å². The lowest BCUT2D eigenvalue weighted by atomic mass is 10.00. The number of hydrogen-bond donors (Lipinski definition) is 1. The molecule has 0 aliphatic heterocycles. The highest BCUT2D eigenvalue weighted by atomic mass is 127. The molecule has 1 fully saturated rings. The number of hydrogen-bond acceptors (Lipinski definition) is 2. The van der Waals surface area contributed by atoms with Gasteiger partial charge in [-0.2, -0.15) is 8.42 Å². The average molecular weight is 542 g/mol. The Kier molecular flexibility index (Phi) is 5.02. The van der Waals surface area contributed by atoms with Crippen molar-refractivity contribution in [3.8, 4) is 0 Å². The molecule has 0 spiro atoms. The van der Waals surface area contributed by atoms with E-state index in [1.165, 1.54) is 0 Å². The maximum absolute atomic E-state index is 11.1. The van der Waals surface area contributed by atoms with Crippen LogP contribution in [0.4, 0.5) is 0 Å². The summed E-state index contributed by atoms with van der Waals surface area (Å²) in [5.41, 5.74) is 0. The molecular weight excluding hydrogens is 533 g/mol. The van der Waals surface area contributed by atoms with Crippen molar-refractivity contribution in [1.29, 1.82) is 0 Å². The van der Waals surface area contributed by atoms with Crippen LogP contribution in [0.1, 0.15) is 12.8 Å². The van der Waals surface area contributed by atoms with E-state index < -0.39 is 15.4 Å². The molecule has 1 N–H and O–H groups in total. The summed E-state index contributed by atoms with van der Waals surface area (Å²) in [5.74, 6) is 0. The van der Waals surface area contributed by atoms with Gasteiger partial charge in [-0.15, -0.1) is 0 Å². The van der Waals surface area contributed by atoms with Gasteiger partial charge in [-0.3, -0.25) is 4.55 Å². The molecule has 2 atom stereocenters. The predicted octanol–water partition coefficient (Wildman–Crippen LogP) is 2.45. The minimum absolute atomic E-state index is 0.0325. The smallest absolute Gasteiger partial charge is 0.269 e. The summed E-state index contributed by atoms with van der Waals surface area (Å²) in [4.78, 5) is 0. The maximum atomic E-state index is 11.1. The van der Waals surface area contributed by atoms with Crippen LogP contribution in [-0.4, -0.2) is 30.0 Å². The molecule has 1 rings (SSSR count). The van der Waals surface area contributed by atoms with Crippen molar-refractivity contribution in [3.05, 3.63) is 0 Å². The van der Waals surface area contributed by atoms with E-state index in [2.05, 4.69) is 67.8 Å². The Balaban J connectivity index is 2.85. The predicted molar refractivity (Wildman–Crippen MR) is 78.0 cm³/mol. The molecule has 2 unspecified atom stereocenters. The molecule has 13 heavy (non-hydrogen) atoms. The molecule has 1 aliphatic rings. The Labute approximate surface area is 119 Å². The van der Waals surface area contributed by atoms with Crippen molar-refractivity contribution in [3.63, 3.8) is 0 Å². The SMILES string of the molecule is O=S(=O)(O)C1C(I)CC(I)CC1I. The highest BCUT2D eigenvalue weighted by Crippen LogP contribution is 2.37. The summed E-state index contributed by atoms with van der Waals surface area (Å²) < 4.78 is 31.7. The van der Waals surface area contributed by atoms with Crippen LogP contribution in [0.25, 0.3) is 0 Å². The molecule has 78 valence electrons. The first-order valence-electron chi connectivity index (χ1n) is 3.71. The molecule has 0 aromatic carbocycles. The van der Waals surface area contributed by atoms with E-state index in [1.54, 1.807) is 0 Å². The Hall–Kier alpha value is 2.10. The maximum Gasteiger partial charge on any atom is 0.269 e. The fraction of sp³-hybridized carbons (Fsp3) is 1.00. The second-order valence-corrected chi connectivity index (χ2v) is 9.62. The standard InChI is InChI=1S/C6H9I3O3S/c7-3-1-4(8)6(5(9)2-3)13(10,11)12/h3-6H,1-2H2,(H,10,11,12). The van der Waals surface area contributed by atoms with Crippen LogP contribution in [0, 0.1) is 0 Å². The third-order valence-corrected chi connectivity index (χ3v) is 7.92. The summed E-state index contributed by atoms with van der Waals surface area (Å²) >= 11 is 6.59. The van der Waals surface area contributed by atoms with Crippen LogP contribution in [-0.2, 0) is 10.1 Å². The second kappa shape index (κ2) is 4.95. The first-order chi connectivity index (χ1) is 5.82. The molecular formula is C6H9I3O3S. The lowest BCUT2D eigenvalue weighted by Crippen LogP contribution is -2.43. The van der Waals surface area contributed by atoms with Gasteiger partial charge < -0.3 is 0 Å². The summed E-state index contributed by atoms with van der Waals surface area (Å²) in [6, 6.07) is 0. The Morgan fingerprint density at radius 2 is 1.46 bits per heavy atom. The third-order valence-electron chi connectivity index (χ3n) is 2.02. The van der Waals surface area contributed by atoms with Crippen molar-refractivity contribution in [1.82, 2.24) is 0 Å². The fourth-order valence-corrected chi connectivity index (χ4v) is 10.7. The van der Waals surface area contributed by atoms with Gasteiger partial charge >= 0.3 is 0 Å². The van der Waals surface area contributed by atoms with Gasteiger partial charge in [0, 0.05) is 11.8 Å². The summed E-state index contributed by atoms with van der Waals surface area (Å²) in [7, 11) is -3.87. The van der Waals surface area contributed by atoms with Crippen molar-refractivity contribution in [2.75, 3.05) is 0 Å². The molecule has 0 saturated heterocycles. The number of alkyl halides is 3. The minimum atomic E-state index is -3.87. The van der Waals surface area contributed by atoms with Crippen LogP contribution >= 0.6 is 67.8 Å². The van der Waals surface area contributed by atoms with Crippen molar-refractivity contribution in [2.45, 2.75) is 29.9 Å². The van der Waals surface area contributed by atoms with Gasteiger partial charge in [0.25, 0.3) is 10.1 Å². The largest absolute Gasteiger partial charge is 0.285 e. The van der Waals surface area contributed by atoms with E-state index in [-0.39, 0.29) is 7.85 Å². The van der Waals surface area contributed by atoms with E-state index in [4.69, 9.17) is 4.55 Å². The van der Waals surface area contributed by atoms with Crippen LogP contribution in [0.15, 0.2) is 0 Å². The second-order valence-electron chi connectivity index (χ2n) is 3.08. The van der Waals surface area contributed by atoms with Crippen LogP contribution < -0.4 is 0 Å². The van der Waals surface area contributed by atoms with Gasteiger partial charge in [0.05, 0.1) is 0 Å². The topological polar surface area (TPSA) is 54.4 Å². The molecule has 0 radical (unpaired) electrons. The van der Waals surface area contributed by atoms with E-state index in [0.717, 1.165) is 12.8 Å². The highest BCUT2D eigenvalue weighted by Gasteiger charge is 2.41. The first kappa shape index (κ1) is 13.2. The third kappa shape index (κ3) is 3.55. The molecule has 0 aromatic rings. The average Bonchev–Trinajstić information content (AvgIpc) is 1.78. The summed E-state index contributed by atoms with van der Waals surface area (Å²) in [5, 5.41) is -0.584. The normalized spacial score (nSPS) is 41.8. The molecule has 0 amide bonds. The zero-order chi connectivity index (χ0) is 10.2. The Bertz CT molecular complexity index is 267. The quantitative estimate of drug-likeness (QED) is 0.315. The van der Waals surface area contributed by atoms with Gasteiger partial charge in [-0.25, -0.2) is 0 Å². The van der Waals surface area contributed by atoms with Crippen molar-refractivity contribution >= 4 is 77.9 Å². The zero-order valence-electron chi connectivity index (χ0n) is 6.53. The van der Waals surface area contributed by atoms with Gasteiger partial charge in [0.15, 0.2) is 0 Å². The van der Waals surface area contributed by atoms with E-state index >= 15 is 0 Å². The summed E-state index contributed by atoms with van der Waals surface area (Å²) in [6.07, 6.45) is 1.73. The van der Waals surface area contributed by atoms with Gasteiger partial charge in [-0.1, -0.05) is 67.8 Å². The van der Waals surface area contributed by atoms with E-state index in [9.17, 15) is 8.42 Å². The van der Waals surface area contributed by atoms with Crippen LogP contribution in [0.3, 0.4) is 0 Å². The molecule has 0 heterocycles. The van der Waals surface area contributed by atoms with Gasteiger partial charge in [0.2, 0.25) is 0 Å². The monoisotopic (exact) mass is 542 g/mol. The lowest BCUT2D eigenvalue weighted by molar-refractivity contribution is 0.448. The number of halogens is 3. The fourth-order valence-electron chi connectivity index (χ4n) is 1.45. The zero-order valence-corrected chi connectivity index (χ0v) is 13.8. The molecule has 0 bridgehead atoms. The highest BCUT2D eigenvalue weighted by molar-refractivity contribution is 14.1. The lowest BCUT2D eigenvalue weighted by Gasteiger charge is -2.32. The Morgan fingerprint density at radius 3 is 1.77 bits per heavy atom. The first-order valence-corrected chi connectivity index (χ1v) is 8.95. The molecule has 1 saturated carbocycles. The minimum Gasteiger partial charge on any atom is -0.285 e.